The van der Waals surface area contributed by atoms with Crippen LogP contribution in [0, 0.1) is 0 Å². The highest BCUT2D eigenvalue weighted by Gasteiger charge is 2.10. The molecule has 0 fully saturated rings. The highest BCUT2D eigenvalue weighted by molar-refractivity contribution is 5.96. The van der Waals surface area contributed by atoms with E-state index in [1.165, 1.54) is 0 Å². The Morgan fingerprint density at radius 3 is 1.53 bits per heavy atom. The zero-order chi connectivity index (χ0) is 21.9. The second-order valence-corrected chi connectivity index (χ2v) is 7.33. The topological polar surface area (TPSA) is 76.7 Å². The predicted molar refractivity (Wildman–Crippen MR) is 120 cm³/mol. The Morgan fingerprint density at radius 2 is 1.17 bits per heavy atom. The maximum atomic E-state index is 12.2. The summed E-state index contributed by atoms with van der Waals surface area (Å²) in [4.78, 5) is 24.4. The summed E-state index contributed by atoms with van der Waals surface area (Å²) >= 11 is 0. The van der Waals surface area contributed by atoms with E-state index in [1.807, 2.05) is 38.1 Å². The fourth-order valence-electron chi connectivity index (χ4n) is 2.60. The van der Waals surface area contributed by atoms with Crippen LogP contribution in [0.2, 0.25) is 0 Å². The molecule has 2 aromatic rings. The van der Waals surface area contributed by atoms with Crippen molar-refractivity contribution in [2.75, 3.05) is 10.6 Å². The molecule has 2 N–H and O–H groups in total. The van der Waals surface area contributed by atoms with Crippen LogP contribution in [-0.4, -0.2) is 24.0 Å². The molecular weight excluding hydrogens is 380 g/mol. The first kappa shape index (κ1) is 23.3. The first-order valence-corrected chi connectivity index (χ1v) is 10.5. The van der Waals surface area contributed by atoms with Crippen LogP contribution in [0.15, 0.2) is 48.5 Å². The van der Waals surface area contributed by atoms with E-state index in [0.717, 1.165) is 12.8 Å². The van der Waals surface area contributed by atoms with Gasteiger partial charge < -0.3 is 20.1 Å². The molecule has 6 heteroatoms. The molecule has 0 radical (unpaired) electrons. The lowest BCUT2D eigenvalue weighted by atomic mass is 10.2. The largest absolute Gasteiger partial charge is 0.491 e. The third-order valence-electron chi connectivity index (χ3n) is 4.64. The van der Waals surface area contributed by atoms with Crippen molar-refractivity contribution in [3.63, 3.8) is 0 Å². The van der Waals surface area contributed by atoms with Crippen LogP contribution in [0.25, 0.3) is 0 Å². The van der Waals surface area contributed by atoms with Crippen LogP contribution in [0.5, 0.6) is 11.5 Å². The number of ether oxygens (including phenoxy) is 2. The van der Waals surface area contributed by atoms with Gasteiger partial charge in [-0.1, -0.05) is 26.0 Å². The van der Waals surface area contributed by atoms with Gasteiger partial charge in [-0.15, -0.1) is 0 Å². The Hall–Kier alpha value is -3.02. The number of hydrogen-bond acceptors (Lipinski definition) is 4. The molecule has 2 rings (SSSR count). The number of rotatable bonds is 11. The molecule has 2 atom stereocenters. The standard InChI is InChI=1S/C24H32N2O4/c1-5-17(3)29-21-11-7-9-19(15-21)25-23(27)13-14-24(28)26-20-10-8-12-22(16-20)30-18(4)6-2/h7-12,15-18H,5-6,13-14H2,1-4H3,(H,25,27)(H,26,28). The van der Waals surface area contributed by atoms with Crippen LogP contribution in [0.1, 0.15) is 53.4 Å². The minimum atomic E-state index is -0.223. The van der Waals surface area contributed by atoms with Crippen LogP contribution in [-0.2, 0) is 9.59 Å². The van der Waals surface area contributed by atoms with E-state index >= 15 is 0 Å². The Bertz CT molecular complexity index is 768. The van der Waals surface area contributed by atoms with Gasteiger partial charge in [0.05, 0.1) is 12.2 Å². The second-order valence-electron chi connectivity index (χ2n) is 7.33. The Morgan fingerprint density at radius 1 is 0.767 bits per heavy atom. The summed E-state index contributed by atoms with van der Waals surface area (Å²) in [7, 11) is 0. The molecule has 162 valence electrons. The number of nitrogens with one attached hydrogen (secondary N) is 2. The maximum absolute atomic E-state index is 12.2. The van der Waals surface area contributed by atoms with Gasteiger partial charge in [0.25, 0.3) is 0 Å². The van der Waals surface area contributed by atoms with Gasteiger partial charge >= 0.3 is 0 Å². The molecule has 0 aromatic heterocycles. The minimum absolute atomic E-state index is 0.0886. The number of anilines is 2. The highest BCUT2D eigenvalue weighted by atomic mass is 16.5. The monoisotopic (exact) mass is 412 g/mol. The predicted octanol–water partition coefficient (Wildman–Crippen LogP) is 5.40. The molecule has 2 aromatic carbocycles. The number of benzene rings is 2. The molecule has 2 unspecified atom stereocenters. The van der Waals surface area contributed by atoms with Crippen molar-refractivity contribution in [3.8, 4) is 11.5 Å². The summed E-state index contributed by atoms with van der Waals surface area (Å²) in [5.74, 6) is 0.971. The Labute approximate surface area is 179 Å². The zero-order valence-electron chi connectivity index (χ0n) is 18.2. The average Bonchev–Trinajstić information content (AvgIpc) is 2.72. The summed E-state index contributed by atoms with van der Waals surface area (Å²) in [6, 6.07) is 14.5. The van der Waals surface area contributed by atoms with Crippen molar-refractivity contribution in [1.82, 2.24) is 0 Å². The number of hydrogen-bond donors (Lipinski definition) is 2. The Kier molecular flexibility index (Phi) is 9.19. The molecule has 0 aliphatic rings. The molecule has 30 heavy (non-hydrogen) atoms. The van der Waals surface area contributed by atoms with Crippen molar-refractivity contribution in [1.29, 1.82) is 0 Å². The highest BCUT2D eigenvalue weighted by Crippen LogP contribution is 2.21. The normalized spacial score (nSPS) is 12.5. The van der Waals surface area contributed by atoms with Crippen LogP contribution in [0.4, 0.5) is 11.4 Å². The van der Waals surface area contributed by atoms with Crippen molar-refractivity contribution in [3.05, 3.63) is 48.5 Å². The van der Waals surface area contributed by atoms with Crippen molar-refractivity contribution < 1.29 is 19.1 Å². The maximum Gasteiger partial charge on any atom is 0.224 e. The van der Waals surface area contributed by atoms with E-state index in [-0.39, 0.29) is 36.9 Å². The fourth-order valence-corrected chi connectivity index (χ4v) is 2.60. The van der Waals surface area contributed by atoms with Gasteiger partial charge in [0.15, 0.2) is 0 Å². The molecule has 0 aliphatic carbocycles. The lowest BCUT2D eigenvalue weighted by Gasteiger charge is -2.14. The van der Waals surface area contributed by atoms with E-state index in [1.54, 1.807) is 24.3 Å². The number of carbonyl (C=O) groups excluding carboxylic acids is 2. The SMILES string of the molecule is CCC(C)Oc1cccc(NC(=O)CCC(=O)Nc2cccc(OC(C)CC)c2)c1. The van der Waals surface area contributed by atoms with Gasteiger partial charge in [-0.25, -0.2) is 0 Å². The van der Waals surface area contributed by atoms with E-state index < -0.39 is 0 Å². The number of carbonyl (C=O) groups is 2. The molecule has 2 amide bonds. The second kappa shape index (κ2) is 11.9. The molecule has 0 saturated heterocycles. The zero-order valence-corrected chi connectivity index (χ0v) is 18.2. The third kappa shape index (κ3) is 8.15. The van der Waals surface area contributed by atoms with Gasteiger partial charge in [-0.2, -0.15) is 0 Å². The smallest absolute Gasteiger partial charge is 0.224 e. The first-order valence-electron chi connectivity index (χ1n) is 10.5. The van der Waals surface area contributed by atoms with E-state index in [0.29, 0.717) is 22.9 Å². The Balaban J connectivity index is 1.81. The van der Waals surface area contributed by atoms with Gasteiger partial charge in [0, 0.05) is 36.3 Å². The van der Waals surface area contributed by atoms with Gasteiger partial charge in [-0.3, -0.25) is 9.59 Å². The molecule has 0 aliphatic heterocycles. The summed E-state index contributed by atoms with van der Waals surface area (Å²) < 4.78 is 11.5. The van der Waals surface area contributed by atoms with E-state index in [9.17, 15) is 9.59 Å². The summed E-state index contributed by atoms with van der Waals surface area (Å²) in [5, 5.41) is 5.62. The van der Waals surface area contributed by atoms with Gasteiger partial charge in [0.2, 0.25) is 11.8 Å². The van der Waals surface area contributed by atoms with Crippen molar-refractivity contribution >= 4 is 23.2 Å². The quantitative estimate of drug-likeness (QED) is 0.518. The minimum Gasteiger partial charge on any atom is -0.491 e. The van der Waals surface area contributed by atoms with Crippen molar-refractivity contribution in [2.24, 2.45) is 0 Å². The van der Waals surface area contributed by atoms with Gasteiger partial charge in [-0.05, 0) is 51.0 Å². The van der Waals surface area contributed by atoms with Crippen LogP contribution < -0.4 is 20.1 Å². The molecule has 0 bridgehead atoms. The molecular formula is C24H32N2O4. The fraction of sp³-hybridized carbons (Fsp3) is 0.417. The van der Waals surface area contributed by atoms with E-state index in [2.05, 4.69) is 24.5 Å². The lowest BCUT2D eigenvalue weighted by molar-refractivity contribution is -0.121. The summed E-state index contributed by atoms with van der Waals surface area (Å²) in [6.45, 7) is 8.10. The summed E-state index contributed by atoms with van der Waals surface area (Å²) in [5.41, 5.74) is 1.30. The molecule has 0 saturated carbocycles. The van der Waals surface area contributed by atoms with Crippen LogP contribution in [0.3, 0.4) is 0 Å². The average molecular weight is 413 g/mol. The van der Waals surface area contributed by atoms with Gasteiger partial charge in [0.1, 0.15) is 11.5 Å². The lowest BCUT2D eigenvalue weighted by Crippen LogP contribution is -2.17. The van der Waals surface area contributed by atoms with Crippen molar-refractivity contribution in [2.45, 2.75) is 65.6 Å². The summed E-state index contributed by atoms with van der Waals surface area (Å²) in [6.07, 6.45) is 2.19. The number of amides is 2. The van der Waals surface area contributed by atoms with Crippen LogP contribution >= 0.6 is 0 Å². The van der Waals surface area contributed by atoms with E-state index in [4.69, 9.17) is 9.47 Å². The molecule has 0 spiro atoms. The first-order chi connectivity index (χ1) is 14.4. The third-order valence-corrected chi connectivity index (χ3v) is 4.64. The molecule has 0 heterocycles. The molecule has 6 nitrogen and oxygen atoms in total.